The van der Waals surface area contributed by atoms with Crippen molar-refractivity contribution in [2.24, 2.45) is 0 Å². The van der Waals surface area contributed by atoms with Crippen molar-refractivity contribution in [1.29, 1.82) is 0 Å². The molecule has 0 aliphatic carbocycles. The fraction of sp³-hybridized carbons (Fsp3) is 0.833. The molecule has 0 unspecified atom stereocenters. The van der Waals surface area contributed by atoms with Crippen LogP contribution in [0.15, 0.2) is 12.2 Å². The molecule has 0 bridgehead atoms. The second-order valence-corrected chi connectivity index (χ2v) is 3.52. The summed E-state index contributed by atoms with van der Waals surface area (Å²) in [6, 6.07) is 0. The van der Waals surface area contributed by atoms with E-state index in [1.54, 1.807) is 0 Å². The van der Waals surface area contributed by atoms with Crippen molar-refractivity contribution in [2.75, 3.05) is 13.1 Å². The van der Waals surface area contributed by atoms with Crippen molar-refractivity contribution in [1.82, 2.24) is 5.32 Å². The molecule has 0 radical (unpaired) electrons. The standard InChI is InChI=1S/C12H25N/c1-3-5-7-8-10-12-13-11-9-6-4-2/h4,6,13H,3,5,7-12H2,1-2H3/b6-4+. The molecule has 0 aromatic heterocycles. The zero-order valence-corrected chi connectivity index (χ0v) is 9.31. The Labute approximate surface area is 83.6 Å². The molecule has 0 saturated carbocycles. The molecule has 0 aliphatic heterocycles. The van der Waals surface area contributed by atoms with E-state index in [0.29, 0.717) is 0 Å². The first kappa shape index (κ1) is 12.7. The minimum Gasteiger partial charge on any atom is -0.316 e. The molecule has 0 fully saturated rings. The first-order valence-electron chi connectivity index (χ1n) is 5.73. The summed E-state index contributed by atoms with van der Waals surface area (Å²) in [5.41, 5.74) is 0. The number of allylic oxidation sites excluding steroid dienone is 1. The van der Waals surface area contributed by atoms with E-state index in [1.807, 2.05) is 0 Å². The average Bonchev–Trinajstić information content (AvgIpc) is 2.16. The van der Waals surface area contributed by atoms with Gasteiger partial charge in [0.05, 0.1) is 0 Å². The molecule has 0 aromatic rings. The second kappa shape index (κ2) is 11.7. The Kier molecular flexibility index (Phi) is 11.4. The summed E-state index contributed by atoms with van der Waals surface area (Å²) < 4.78 is 0. The van der Waals surface area contributed by atoms with Gasteiger partial charge >= 0.3 is 0 Å². The van der Waals surface area contributed by atoms with Gasteiger partial charge < -0.3 is 5.32 Å². The van der Waals surface area contributed by atoms with Gasteiger partial charge in [0.2, 0.25) is 0 Å². The lowest BCUT2D eigenvalue weighted by atomic mass is 10.1. The monoisotopic (exact) mass is 183 g/mol. The minimum absolute atomic E-state index is 1.14. The van der Waals surface area contributed by atoms with E-state index < -0.39 is 0 Å². The van der Waals surface area contributed by atoms with Gasteiger partial charge in [0.15, 0.2) is 0 Å². The van der Waals surface area contributed by atoms with Crippen LogP contribution in [0, 0.1) is 0 Å². The Morgan fingerprint density at radius 2 is 1.77 bits per heavy atom. The molecule has 0 rings (SSSR count). The van der Waals surface area contributed by atoms with Crippen molar-refractivity contribution >= 4 is 0 Å². The van der Waals surface area contributed by atoms with Gasteiger partial charge in [0, 0.05) is 0 Å². The van der Waals surface area contributed by atoms with Gasteiger partial charge in [-0.05, 0) is 32.9 Å². The van der Waals surface area contributed by atoms with Crippen molar-refractivity contribution in [2.45, 2.75) is 52.4 Å². The van der Waals surface area contributed by atoms with Crippen LogP contribution in [0.4, 0.5) is 0 Å². The summed E-state index contributed by atoms with van der Waals surface area (Å²) in [6.07, 6.45) is 12.4. The number of rotatable bonds is 9. The van der Waals surface area contributed by atoms with Gasteiger partial charge in [-0.2, -0.15) is 0 Å². The first-order valence-corrected chi connectivity index (χ1v) is 5.73. The molecule has 0 aromatic carbocycles. The fourth-order valence-corrected chi connectivity index (χ4v) is 1.33. The van der Waals surface area contributed by atoms with E-state index in [9.17, 15) is 0 Å². The molecule has 0 spiro atoms. The molecule has 0 amide bonds. The summed E-state index contributed by atoms with van der Waals surface area (Å²) in [4.78, 5) is 0. The highest BCUT2D eigenvalue weighted by Crippen LogP contribution is 2.00. The fourth-order valence-electron chi connectivity index (χ4n) is 1.33. The lowest BCUT2D eigenvalue weighted by molar-refractivity contribution is 0.586. The normalized spacial score (nSPS) is 11.2. The number of hydrogen-bond donors (Lipinski definition) is 1. The largest absolute Gasteiger partial charge is 0.316 e. The van der Waals surface area contributed by atoms with Crippen LogP contribution in [0.2, 0.25) is 0 Å². The molecular formula is C12H25N. The predicted octanol–water partition coefficient (Wildman–Crippen LogP) is 3.51. The highest BCUT2D eigenvalue weighted by molar-refractivity contribution is 4.77. The molecular weight excluding hydrogens is 158 g/mol. The predicted molar refractivity (Wildman–Crippen MR) is 61.1 cm³/mol. The summed E-state index contributed by atoms with van der Waals surface area (Å²) in [5.74, 6) is 0. The molecule has 0 saturated heterocycles. The van der Waals surface area contributed by atoms with E-state index in [4.69, 9.17) is 0 Å². The quantitative estimate of drug-likeness (QED) is 0.426. The molecule has 1 nitrogen and oxygen atoms in total. The maximum absolute atomic E-state index is 3.45. The lowest BCUT2D eigenvalue weighted by Crippen LogP contribution is -2.15. The molecule has 13 heavy (non-hydrogen) atoms. The van der Waals surface area contributed by atoms with Crippen LogP contribution >= 0.6 is 0 Å². The van der Waals surface area contributed by atoms with Crippen molar-refractivity contribution in [3.63, 3.8) is 0 Å². The van der Waals surface area contributed by atoms with Crippen LogP contribution in [0.3, 0.4) is 0 Å². The number of nitrogens with one attached hydrogen (secondary N) is 1. The van der Waals surface area contributed by atoms with Gasteiger partial charge in [0.1, 0.15) is 0 Å². The van der Waals surface area contributed by atoms with Crippen LogP contribution in [-0.4, -0.2) is 13.1 Å². The van der Waals surface area contributed by atoms with E-state index >= 15 is 0 Å². The Morgan fingerprint density at radius 1 is 1.00 bits per heavy atom. The van der Waals surface area contributed by atoms with Crippen LogP contribution in [0.1, 0.15) is 52.4 Å². The van der Waals surface area contributed by atoms with Crippen molar-refractivity contribution < 1.29 is 0 Å². The van der Waals surface area contributed by atoms with E-state index in [0.717, 1.165) is 6.54 Å². The maximum atomic E-state index is 3.45. The highest BCUT2D eigenvalue weighted by Gasteiger charge is 1.88. The zero-order valence-electron chi connectivity index (χ0n) is 9.31. The average molecular weight is 183 g/mol. The third-order valence-electron chi connectivity index (χ3n) is 2.18. The topological polar surface area (TPSA) is 12.0 Å². The van der Waals surface area contributed by atoms with Gasteiger partial charge in [-0.3, -0.25) is 0 Å². The Morgan fingerprint density at radius 3 is 2.46 bits per heavy atom. The Hall–Kier alpha value is -0.300. The van der Waals surface area contributed by atoms with Crippen LogP contribution in [0.5, 0.6) is 0 Å². The lowest BCUT2D eigenvalue weighted by Gasteiger charge is -2.02. The molecule has 1 N–H and O–H groups in total. The van der Waals surface area contributed by atoms with Gasteiger partial charge in [-0.15, -0.1) is 0 Å². The summed E-state index contributed by atoms with van der Waals surface area (Å²) in [5, 5.41) is 3.45. The van der Waals surface area contributed by atoms with Crippen molar-refractivity contribution in [3.8, 4) is 0 Å². The third kappa shape index (κ3) is 11.7. The third-order valence-corrected chi connectivity index (χ3v) is 2.18. The number of unbranched alkanes of at least 4 members (excludes halogenated alkanes) is 4. The summed E-state index contributed by atoms with van der Waals surface area (Å²) in [7, 11) is 0. The highest BCUT2D eigenvalue weighted by atomic mass is 14.8. The summed E-state index contributed by atoms with van der Waals surface area (Å²) >= 11 is 0. The maximum Gasteiger partial charge on any atom is -0.00143 e. The summed E-state index contributed by atoms with van der Waals surface area (Å²) in [6.45, 7) is 6.67. The first-order chi connectivity index (χ1) is 6.41. The SMILES string of the molecule is C/C=C/CCNCCCCCCC. The van der Waals surface area contributed by atoms with Gasteiger partial charge in [0.25, 0.3) is 0 Å². The molecule has 0 atom stereocenters. The van der Waals surface area contributed by atoms with E-state index in [1.165, 1.54) is 45.1 Å². The van der Waals surface area contributed by atoms with E-state index in [-0.39, 0.29) is 0 Å². The molecule has 78 valence electrons. The minimum atomic E-state index is 1.14. The Bertz CT molecular complexity index is 108. The van der Waals surface area contributed by atoms with E-state index in [2.05, 4.69) is 31.3 Å². The zero-order chi connectivity index (χ0) is 9.78. The van der Waals surface area contributed by atoms with Gasteiger partial charge in [-0.25, -0.2) is 0 Å². The van der Waals surface area contributed by atoms with Crippen LogP contribution < -0.4 is 5.32 Å². The van der Waals surface area contributed by atoms with Gasteiger partial charge in [-0.1, -0.05) is 44.8 Å². The number of hydrogen-bond acceptors (Lipinski definition) is 1. The van der Waals surface area contributed by atoms with Crippen LogP contribution in [0.25, 0.3) is 0 Å². The molecule has 0 aliphatic rings. The smallest absolute Gasteiger partial charge is 0.00143 e. The van der Waals surface area contributed by atoms with Crippen LogP contribution in [-0.2, 0) is 0 Å². The molecule has 1 heteroatoms. The Balaban J connectivity index is 2.83. The molecule has 0 heterocycles. The second-order valence-electron chi connectivity index (χ2n) is 3.52. The van der Waals surface area contributed by atoms with Crippen molar-refractivity contribution in [3.05, 3.63) is 12.2 Å².